The summed E-state index contributed by atoms with van der Waals surface area (Å²) in [6, 6.07) is 9.02. The van der Waals surface area contributed by atoms with Gasteiger partial charge in [0.15, 0.2) is 11.6 Å². The van der Waals surface area contributed by atoms with Gasteiger partial charge in [0.05, 0.1) is 28.5 Å². The van der Waals surface area contributed by atoms with Crippen molar-refractivity contribution < 1.29 is 0 Å². The molecule has 1 aromatic carbocycles. The van der Waals surface area contributed by atoms with Gasteiger partial charge in [-0.1, -0.05) is 6.07 Å². The van der Waals surface area contributed by atoms with E-state index in [-0.39, 0.29) is 17.2 Å². The van der Waals surface area contributed by atoms with Crippen molar-refractivity contribution in [3.8, 4) is 23.0 Å². The van der Waals surface area contributed by atoms with Crippen molar-refractivity contribution >= 4 is 10.8 Å². The van der Waals surface area contributed by atoms with Gasteiger partial charge < -0.3 is 9.13 Å². The molecule has 0 N–H and O–H groups in total. The summed E-state index contributed by atoms with van der Waals surface area (Å²) in [5.74, 6) is 1.45. The number of imidazole rings is 1. The third-order valence-electron chi connectivity index (χ3n) is 6.77. The van der Waals surface area contributed by atoms with Crippen molar-refractivity contribution in [3.05, 3.63) is 81.1 Å². The van der Waals surface area contributed by atoms with Gasteiger partial charge in [-0.2, -0.15) is 4.68 Å². The second kappa shape index (κ2) is 8.11. The van der Waals surface area contributed by atoms with Crippen LogP contribution in [-0.2, 0) is 7.05 Å². The SMILES string of the molecule is Cc1cc2c(=O)n(C)n(-c3cccc(-c4nncn4C(C)C)n3)c(=O)c2cc1-n1cnc(C2CC2)c1. The molecule has 4 aromatic heterocycles. The first kappa shape index (κ1) is 22.1. The van der Waals surface area contributed by atoms with E-state index in [1.165, 1.54) is 9.36 Å². The first-order valence-corrected chi connectivity index (χ1v) is 12.0. The number of hydrogen-bond acceptors (Lipinski definition) is 6. The molecule has 182 valence electrons. The van der Waals surface area contributed by atoms with Crippen LogP contribution in [0.1, 0.15) is 49.9 Å². The van der Waals surface area contributed by atoms with Crippen molar-refractivity contribution in [3.63, 3.8) is 0 Å². The second-order valence-corrected chi connectivity index (χ2v) is 9.65. The number of benzene rings is 1. The van der Waals surface area contributed by atoms with Crippen LogP contribution in [0.5, 0.6) is 0 Å². The van der Waals surface area contributed by atoms with E-state index in [2.05, 4.69) is 15.2 Å². The van der Waals surface area contributed by atoms with E-state index in [0.717, 1.165) is 29.8 Å². The maximum absolute atomic E-state index is 13.8. The van der Waals surface area contributed by atoms with Gasteiger partial charge in [-0.3, -0.25) is 9.59 Å². The van der Waals surface area contributed by atoms with Crippen LogP contribution in [0, 0.1) is 6.92 Å². The Labute approximate surface area is 206 Å². The van der Waals surface area contributed by atoms with Crippen LogP contribution in [-0.4, -0.2) is 38.7 Å². The summed E-state index contributed by atoms with van der Waals surface area (Å²) < 4.78 is 6.46. The lowest BCUT2D eigenvalue weighted by atomic mass is 10.1. The summed E-state index contributed by atoms with van der Waals surface area (Å²) >= 11 is 0. The van der Waals surface area contributed by atoms with E-state index in [9.17, 15) is 9.59 Å². The van der Waals surface area contributed by atoms with E-state index in [1.807, 2.05) is 42.2 Å². The zero-order valence-electron chi connectivity index (χ0n) is 20.6. The highest BCUT2D eigenvalue weighted by molar-refractivity contribution is 5.84. The van der Waals surface area contributed by atoms with Crippen LogP contribution < -0.4 is 11.1 Å². The lowest BCUT2D eigenvalue weighted by Crippen LogP contribution is -2.36. The highest BCUT2D eigenvalue weighted by Gasteiger charge is 2.26. The molecule has 1 aliphatic rings. The molecule has 0 saturated heterocycles. The number of pyridine rings is 1. The Hall–Kier alpha value is -4.34. The van der Waals surface area contributed by atoms with Gasteiger partial charge in [-0.15, -0.1) is 10.2 Å². The number of aromatic nitrogens is 8. The topological polar surface area (TPSA) is 105 Å². The summed E-state index contributed by atoms with van der Waals surface area (Å²) in [5.41, 5.74) is 2.74. The zero-order valence-corrected chi connectivity index (χ0v) is 20.6. The third-order valence-corrected chi connectivity index (χ3v) is 6.77. The van der Waals surface area contributed by atoms with Gasteiger partial charge in [0, 0.05) is 25.2 Å². The molecule has 0 aliphatic heterocycles. The van der Waals surface area contributed by atoms with E-state index < -0.39 is 0 Å². The molecule has 0 spiro atoms. The van der Waals surface area contributed by atoms with Gasteiger partial charge in [0.25, 0.3) is 11.1 Å². The van der Waals surface area contributed by atoms with Crippen LogP contribution in [0.2, 0.25) is 0 Å². The van der Waals surface area contributed by atoms with E-state index in [4.69, 9.17) is 4.98 Å². The van der Waals surface area contributed by atoms with E-state index in [0.29, 0.717) is 34.0 Å². The van der Waals surface area contributed by atoms with Crippen molar-refractivity contribution in [2.75, 3.05) is 0 Å². The standard InChI is InChI=1S/C26H26N8O2/c1-15(2)33-14-28-30-24(33)20-6-5-7-23(29-20)34-26(36)19-11-22(16(3)10-18(19)25(35)31(34)4)32-12-21(27-13-32)17-8-9-17/h5-7,10-15,17H,8-9H2,1-4H3. The molecule has 6 rings (SSSR count). The lowest BCUT2D eigenvalue weighted by molar-refractivity contribution is 0.590. The highest BCUT2D eigenvalue weighted by Crippen LogP contribution is 2.39. The second-order valence-electron chi connectivity index (χ2n) is 9.65. The normalized spacial score (nSPS) is 13.7. The minimum Gasteiger partial charge on any atom is -0.310 e. The molecule has 0 radical (unpaired) electrons. The number of hydrogen-bond donors (Lipinski definition) is 0. The van der Waals surface area contributed by atoms with Crippen molar-refractivity contribution in [1.82, 2.24) is 38.7 Å². The summed E-state index contributed by atoms with van der Waals surface area (Å²) in [4.78, 5) is 36.4. The number of aryl methyl sites for hydroxylation is 1. The Morgan fingerprint density at radius 2 is 1.81 bits per heavy atom. The van der Waals surface area contributed by atoms with Gasteiger partial charge >= 0.3 is 0 Å². The Bertz CT molecular complexity index is 1750. The molecule has 10 heteroatoms. The van der Waals surface area contributed by atoms with Crippen LogP contribution in [0.15, 0.2) is 58.8 Å². The molecular formula is C26H26N8O2. The zero-order chi connectivity index (χ0) is 25.1. The van der Waals surface area contributed by atoms with Crippen LogP contribution in [0.25, 0.3) is 33.8 Å². The quantitative estimate of drug-likeness (QED) is 0.381. The summed E-state index contributed by atoms with van der Waals surface area (Å²) in [5, 5.41) is 8.94. The third kappa shape index (κ3) is 3.48. The van der Waals surface area contributed by atoms with Gasteiger partial charge in [-0.05, 0) is 63.4 Å². The molecule has 10 nitrogen and oxygen atoms in total. The molecule has 5 aromatic rings. The molecule has 4 heterocycles. The molecule has 1 aliphatic carbocycles. The monoisotopic (exact) mass is 482 g/mol. The summed E-state index contributed by atoms with van der Waals surface area (Å²) in [6.45, 7) is 6.00. The van der Waals surface area contributed by atoms with Crippen molar-refractivity contribution in [2.45, 2.75) is 45.6 Å². The summed E-state index contributed by atoms with van der Waals surface area (Å²) in [7, 11) is 1.58. The van der Waals surface area contributed by atoms with Crippen LogP contribution in [0.3, 0.4) is 0 Å². The van der Waals surface area contributed by atoms with Gasteiger partial charge in [0.2, 0.25) is 0 Å². The molecule has 0 atom stereocenters. The fourth-order valence-corrected chi connectivity index (χ4v) is 4.63. The molecular weight excluding hydrogens is 456 g/mol. The smallest absolute Gasteiger partial charge is 0.279 e. The van der Waals surface area contributed by atoms with Crippen LogP contribution in [0.4, 0.5) is 0 Å². The van der Waals surface area contributed by atoms with Crippen molar-refractivity contribution in [1.29, 1.82) is 0 Å². The molecule has 36 heavy (non-hydrogen) atoms. The minimum atomic E-state index is -0.328. The predicted molar refractivity (Wildman–Crippen MR) is 136 cm³/mol. The number of nitrogens with zero attached hydrogens (tertiary/aromatic N) is 8. The average molecular weight is 483 g/mol. The Morgan fingerprint density at radius 1 is 1.03 bits per heavy atom. The largest absolute Gasteiger partial charge is 0.310 e. The van der Waals surface area contributed by atoms with Gasteiger partial charge in [-0.25, -0.2) is 14.6 Å². The fourth-order valence-electron chi connectivity index (χ4n) is 4.63. The first-order chi connectivity index (χ1) is 17.3. The molecule has 0 unspecified atom stereocenters. The molecule has 0 bridgehead atoms. The Morgan fingerprint density at radius 3 is 2.56 bits per heavy atom. The minimum absolute atomic E-state index is 0.137. The van der Waals surface area contributed by atoms with E-state index in [1.54, 1.807) is 44.0 Å². The number of rotatable bonds is 5. The van der Waals surface area contributed by atoms with E-state index >= 15 is 0 Å². The predicted octanol–water partition coefficient (Wildman–Crippen LogP) is 3.30. The Kier molecular flexibility index (Phi) is 4.99. The molecule has 1 saturated carbocycles. The summed E-state index contributed by atoms with van der Waals surface area (Å²) in [6.07, 6.45) is 7.77. The fraction of sp³-hybridized carbons (Fsp3) is 0.308. The average Bonchev–Trinajstić information content (AvgIpc) is 3.38. The molecule has 1 fully saturated rings. The van der Waals surface area contributed by atoms with Crippen molar-refractivity contribution in [2.24, 2.45) is 7.05 Å². The lowest BCUT2D eigenvalue weighted by Gasteiger charge is -2.15. The van der Waals surface area contributed by atoms with Gasteiger partial charge in [0.1, 0.15) is 12.0 Å². The molecule has 0 amide bonds. The maximum atomic E-state index is 13.8. The maximum Gasteiger partial charge on any atom is 0.279 e. The highest BCUT2D eigenvalue weighted by atomic mass is 16.2. The number of fused-ring (bicyclic) bond motifs is 1. The first-order valence-electron chi connectivity index (χ1n) is 12.0. The Balaban J connectivity index is 1.54. The van der Waals surface area contributed by atoms with Crippen LogP contribution >= 0.6 is 0 Å².